The molecule has 6 heteroatoms. The monoisotopic (exact) mass is 260 g/mol. The highest BCUT2D eigenvalue weighted by Crippen LogP contribution is 2.16. The summed E-state index contributed by atoms with van der Waals surface area (Å²) in [6, 6.07) is 1.37. The lowest BCUT2D eigenvalue weighted by molar-refractivity contribution is -0.124. The van der Waals surface area contributed by atoms with Gasteiger partial charge in [-0.3, -0.25) is 9.48 Å². The van der Waals surface area contributed by atoms with Crippen LogP contribution in [0.1, 0.15) is 20.8 Å². The van der Waals surface area contributed by atoms with Gasteiger partial charge in [0.05, 0.1) is 12.6 Å². The third-order valence-corrected chi connectivity index (χ3v) is 2.41. The predicted molar refractivity (Wildman–Crippen MR) is 69.9 cm³/mol. The molecule has 0 aliphatic carbocycles. The lowest BCUT2D eigenvalue weighted by atomic mass is 9.87. The molecule has 0 saturated carbocycles. The molecule has 0 aromatic carbocycles. The van der Waals surface area contributed by atoms with Gasteiger partial charge in [0.25, 0.3) is 0 Å². The number of carbonyl (C=O) groups excluding carboxylic acids is 1. The molecular weight excluding hydrogens is 240 g/mol. The molecule has 0 radical (unpaired) electrons. The summed E-state index contributed by atoms with van der Waals surface area (Å²) in [6.45, 7) is 7.06. The predicted octanol–water partition coefficient (Wildman–Crippen LogP) is 0.795. The van der Waals surface area contributed by atoms with E-state index in [-0.39, 0.29) is 23.7 Å². The van der Waals surface area contributed by atoms with Gasteiger partial charge in [-0.05, 0) is 11.5 Å². The van der Waals surface area contributed by atoms with Gasteiger partial charge in [0, 0.05) is 18.9 Å². The minimum absolute atomic E-state index is 0. The van der Waals surface area contributed by atoms with Crippen molar-refractivity contribution in [1.82, 2.24) is 15.1 Å². The number of nitrogens with two attached hydrogens (primary N) is 1. The van der Waals surface area contributed by atoms with E-state index in [2.05, 4.69) is 10.4 Å². The summed E-state index contributed by atoms with van der Waals surface area (Å²) in [5.41, 5.74) is 5.61. The van der Waals surface area contributed by atoms with E-state index in [4.69, 9.17) is 5.73 Å². The van der Waals surface area contributed by atoms with Gasteiger partial charge in [-0.15, -0.1) is 12.4 Å². The average Bonchev–Trinajstić information content (AvgIpc) is 2.67. The van der Waals surface area contributed by atoms with E-state index in [1.165, 1.54) is 0 Å². The molecule has 0 unspecified atom stereocenters. The SMILES string of the molecule is CC(C)(C)[C@H](N)C(=O)NCCn1cccn1.Cl. The Hall–Kier alpha value is -1.07. The molecule has 17 heavy (non-hydrogen) atoms. The van der Waals surface area contributed by atoms with Gasteiger partial charge >= 0.3 is 0 Å². The fraction of sp³-hybridized carbons (Fsp3) is 0.636. The summed E-state index contributed by atoms with van der Waals surface area (Å²) in [7, 11) is 0. The summed E-state index contributed by atoms with van der Waals surface area (Å²) >= 11 is 0. The molecule has 1 heterocycles. The van der Waals surface area contributed by atoms with Gasteiger partial charge in [-0.2, -0.15) is 5.10 Å². The first kappa shape index (κ1) is 15.9. The van der Waals surface area contributed by atoms with Crippen molar-refractivity contribution in [3.8, 4) is 0 Å². The van der Waals surface area contributed by atoms with Crippen molar-refractivity contribution in [3.63, 3.8) is 0 Å². The quantitative estimate of drug-likeness (QED) is 0.841. The third kappa shape index (κ3) is 5.19. The maximum Gasteiger partial charge on any atom is 0.237 e. The second-order valence-electron chi connectivity index (χ2n) is 4.90. The van der Waals surface area contributed by atoms with Crippen molar-refractivity contribution >= 4 is 18.3 Å². The van der Waals surface area contributed by atoms with Gasteiger partial charge in [0.15, 0.2) is 0 Å². The lowest BCUT2D eigenvalue weighted by Crippen LogP contribution is -2.49. The van der Waals surface area contributed by atoms with Crippen LogP contribution >= 0.6 is 12.4 Å². The first-order valence-electron chi connectivity index (χ1n) is 5.42. The molecule has 1 aromatic heterocycles. The molecule has 5 nitrogen and oxygen atoms in total. The van der Waals surface area contributed by atoms with Crippen LogP contribution in [0.4, 0.5) is 0 Å². The van der Waals surface area contributed by atoms with E-state index in [9.17, 15) is 4.79 Å². The number of aromatic nitrogens is 2. The van der Waals surface area contributed by atoms with E-state index in [1.807, 2.05) is 33.0 Å². The number of hydrogen-bond acceptors (Lipinski definition) is 3. The summed E-state index contributed by atoms with van der Waals surface area (Å²) in [5.74, 6) is -0.111. The van der Waals surface area contributed by atoms with Gasteiger partial charge in [0.1, 0.15) is 0 Å². The number of carbonyl (C=O) groups is 1. The number of nitrogens with zero attached hydrogens (tertiary/aromatic N) is 2. The largest absolute Gasteiger partial charge is 0.353 e. The number of nitrogens with one attached hydrogen (secondary N) is 1. The molecule has 1 rings (SSSR count). The van der Waals surface area contributed by atoms with Crippen LogP contribution in [0, 0.1) is 5.41 Å². The second kappa shape index (κ2) is 6.61. The minimum atomic E-state index is -0.481. The zero-order valence-corrected chi connectivity index (χ0v) is 11.3. The molecule has 0 bridgehead atoms. The van der Waals surface area contributed by atoms with E-state index in [0.29, 0.717) is 13.1 Å². The van der Waals surface area contributed by atoms with Gasteiger partial charge in [-0.25, -0.2) is 0 Å². The van der Waals surface area contributed by atoms with Crippen molar-refractivity contribution in [2.45, 2.75) is 33.4 Å². The molecule has 0 aliphatic heterocycles. The first-order valence-corrected chi connectivity index (χ1v) is 5.42. The van der Waals surface area contributed by atoms with Crippen molar-refractivity contribution in [1.29, 1.82) is 0 Å². The highest BCUT2D eigenvalue weighted by molar-refractivity contribution is 5.85. The van der Waals surface area contributed by atoms with Crippen LogP contribution in [-0.4, -0.2) is 28.3 Å². The van der Waals surface area contributed by atoms with Crippen LogP contribution in [0.3, 0.4) is 0 Å². The Morgan fingerprint density at radius 3 is 2.65 bits per heavy atom. The molecule has 98 valence electrons. The second-order valence-corrected chi connectivity index (χ2v) is 4.90. The Balaban J connectivity index is 0.00000256. The van der Waals surface area contributed by atoms with Gasteiger partial charge in [0.2, 0.25) is 5.91 Å². The Bertz CT molecular complexity index is 332. The van der Waals surface area contributed by atoms with Gasteiger partial charge < -0.3 is 11.1 Å². The zero-order valence-electron chi connectivity index (χ0n) is 10.5. The fourth-order valence-corrected chi connectivity index (χ4v) is 1.23. The molecule has 3 N–H and O–H groups in total. The third-order valence-electron chi connectivity index (χ3n) is 2.41. The number of halogens is 1. The smallest absolute Gasteiger partial charge is 0.237 e. The van der Waals surface area contributed by atoms with E-state index in [1.54, 1.807) is 10.9 Å². The summed E-state index contributed by atoms with van der Waals surface area (Å²) in [6.07, 6.45) is 3.57. The van der Waals surface area contributed by atoms with E-state index >= 15 is 0 Å². The van der Waals surface area contributed by atoms with Crippen LogP contribution in [0.5, 0.6) is 0 Å². The first-order chi connectivity index (χ1) is 7.41. The fourth-order valence-electron chi connectivity index (χ4n) is 1.23. The summed E-state index contributed by atoms with van der Waals surface area (Å²) in [4.78, 5) is 11.7. The Kier molecular flexibility index (Phi) is 6.20. The minimum Gasteiger partial charge on any atom is -0.353 e. The maximum absolute atomic E-state index is 11.7. The van der Waals surface area contributed by atoms with E-state index < -0.39 is 6.04 Å². The molecule has 0 aliphatic rings. The zero-order chi connectivity index (χ0) is 12.2. The van der Waals surface area contributed by atoms with Crippen LogP contribution in [0.25, 0.3) is 0 Å². The number of amides is 1. The van der Waals surface area contributed by atoms with Crippen molar-refractivity contribution in [3.05, 3.63) is 18.5 Å². The molecule has 0 saturated heterocycles. The van der Waals surface area contributed by atoms with E-state index in [0.717, 1.165) is 0 Å². The van der Waals surface area contributed by atoms with Crippen molar-refractivity contribution < 1.29 is 4.79 Å². The molecular formula is C11H21ClN4O. The highest BCUT2D eigenvalue weighted by atomic mass is 35.5. The summed E-state index contributed by atoms with van der Waals surface area (Å²) in [5, 5.41) is 6.84. The van der Waals surface area contributed by atoms with Crippen molar-refractivity contribution in [2.24, 2.45) is 11.1 Å². The number of rotatable bonds is 4. The van der Waals surface area contributed by atoms with Crippen LogP contribution in [-0.2, 0) is 11.3 Å². The molecule has 1 amide bonds. The average molecular weight is 261 g/mol. The maximum atomic E-state index is 11.7. The Morgan fingerprint density at radius 2 is 2.18 bits per heavy atom. The standard InChI is InChI=1S/C11H20N4O.ClH/c1-11(2,3)9(12)10(16)13-6-8-15-7-4-5-14-15;/h4-5,7,9H,6,8,12H2,1-3H3,(H,13,16);1H/t9-;/m1./s1. The summed E-state index contributed by atoms with van der Waals surface area (Å²) < 4.78 is 1.77. The molecule has 0 spiro atoms. The Morgan fingerprint density at radius 1 is 1.53 bits per heavy atom. The van der Waals surface area contributed by atoms with Crippen LogP contribution in [0.15, 0.2) is 18.5 Å². The normalized spacial score (nSPS) is 12.7. The lowest BCUT2D eigenvalue weighted by Gasteiger charge is -2.25. The molecule has 0 fully saturated rings. The highest BCUT2D eigenvalue weighted by Gasteiger charge is 2.26. The molecule has 1 atom stereocenters. The topological polar surface area (TPSA) is 72.9 Å². The van der Waals surface area contributed by atoms with Gasteiger partial charge in [-0.1, -0.05) is 20.8 Å². The Labute approximate surface area is 108 Å². The molecule has 1 aromatic rings. The van der Waals surface area contributed by atoms with Crippen LogP contribution in [0.2, 0.25) is 0 Å². The number of hydrogen-bond donors (Lipinski definition) is 2. The van der Waals surface area contributed by atoms with Crippen LogP contribution < -0.4 is 11.1 Å². The van der Waals surface area contributed by atoms with Crippen molar-refractivity contribution in [2.75, 3.05) is 6.54 Å².